The van der Waals surface area contributed by atoms with Crippen molar-refractivity contribution in [2.45, 2.75) is 40.2 Å². The maximum absolute atomic E-state index is 12.4. The van der Waals surface area contributed by atoms with Gasteiger partial charge in [-0.2, -0.15) is 0 Å². The summed E-state index contributed by atoms with van der Waals surface area (Å²) in [5, 5.41) is 2.78. The van der Waals surface area contributed by atoms with Crippen molar-refractivity contribution < 1.29 is 19.1 Å². The van der Waals surface area contributed by atoms with Crippen LogP contribution in [0.4, 0.5) is 5.69 Å². The molecule has 0 aliphatic rings. The molecular formula is C21H25NO4. The van der Waals surface area contributed by atoms with E-state index in [-0.39, 0.29) is 5.91 Å². The third-order valence-electron chi connectivity index (χ3n) is 4.03. The Morgan fingerprint density at radius 2 is 1.85 bits per heavy atom. The van der Waals surface area contributed by atoms with E-state index < -0.39 is 12.1 Å². The van der Waals surface area contributed by atoms with Gasteiger partial charge in [0.25, 0.3) is 5.91 Å². The molecule has 2 aromatic rings. The first kappa shape index (κ1) is 19.5. The molecule has 0 aliphatic heterocycles. The molecule has 0 bridgehead atoms. The number of anilines is 1. The van der Waals surface area contributed by atoms with Crippen LogP contribution in [0.2, 0.25) is 0 Å². The first-order valence-corrected chi connectivity index (χ1v) is 8.73. The average Bonchev–Trinajstić information content (AvgIpc) is 2.63. The molecule has 0 radical (unpaired) electrons. The highest BCUT2D eigenvalue weighted by Crippen LogP contribution is 2.22. The van der Waals surface area contributed by atoms with Crippen molar-refractivity contribution >= 4 is 17.6 Å². The van der Waals surface area contributed by atoms with Crippen LogP contribution in [0.25, 0.3) is 0 Å². The molecule has 1 atom stereocenters. The number of nitrogens with one attached hydrogen (secondary N) is 1. The van der Waals surface area contributed by atoms with Crippen LogP contribution in [0.3, 0.4) is 0 Å². The highest BCUT2D eigenvalue weighted by Gasteiger charge is 2.17. The molecule has 2 aromatic carbocycles. The van der Waals surface area contributed by atoms with Crippen molar-refractivity contribution in [3.8, 4) is 5.75 Å². The zero-order valence-electron chi connectivity index (χ0n) is 15.7. The second-order valence-corrected chi connectivity index (χ2v) is 6.16. The van der Waals surface area contributed by atoms with Crippen LogP contribution in [0.1, 0.15) is 41.8 Å². The second-order valence-electron chi connectivity index (χ2n) is 6.16. The molecule has 1 N–H and O–H groups in total. The zero-order chi connectivity index (χ0) is 19.1. The minimum Gasteiger partial charge on any atom is -0.481 e. The maximum Gasteiger partial charge on any atom is 0.338 e. The van der Waals surface area contributed by atoms with Gasteiger partial charge in [0.2, 0.25) is 0 Å². The fraction of sp³-hybridized carbons (Fsp3) is 0.333. The van der Waals surface area contributed by atoms with Crippen molar-refractivity contribution in [1.29, 1.82) is 0 Å². The SMILES string of the molecule is CCCOC(=O)c1cccc(NC(=O)C(C)Oc2cccc(C)c2C)c1. The molecule has 138 valence electrons. The molecule has 0 spiro atoms. The van der Waals surface area contributed by atoms with E-state index >= 15 is 0 Å². The zero-order valence-corrected chi connectivity index (χ0v) is 15.7. The van der Waals surface area contributed by atoms with Gasteiger partial charge in [-0.1, -0.05) is 25.1 Å². The Balaban J connectivity index is 2.02. The summed E-state index contributed by atoms with van der Waals surface area (Å²) in [5.74, 6) is -0.00263. The third-order valence-corrected chi connectivity index (χ3v) is 4.03. The predicted molar refractivity (Wildman–Crippen MR) is 102 cm³/mol. The number of amides is 1. The van der Waals surface area contributed by atoms with Gasteiger partial charge in [0.15, 0.2) is 6.10 Å². The van der Waals surface area contributed by atoms with Crippen LogP contribution < -0.4 is 10.1 Å². The smallest absolute Gasteiger partial charge is 0.338 e. The van der Waals surface area contributed by atoms with Crippen LogP contribution in [0.15, 0.2) is 42.5 Å². The Morgan fingerprint density at radius 3 is 2.58 bits per heavy atom. The van der Waals surface area contributed by atoms with Gasteiger partial charge in [-0.3, -0.25) is 4.79 Å². The topological polar surface area (TPSA) is 64.6 Å². The van der Waals surface area contributed by atoms with Crippen LogP contribution in [0.5, 0.6) is 5.75 Å². The Hall–Kier alpha value is -2.82. The number of carbonyl (C=O) groups excluding carboxylic acids is 2. The van der Waals surface area contributed by atoms with Crippen molar-refractivity contribution in [1.82, 2.24) is 0 Å². The van der Waals surface area contributed by atoms with Gasteiger partial charge in [-0.05, 0) is 62.6 Å². The number of benzene rings is 2. The van der Waals surface area contributed by atoms with E-state index in [1.54, 1.807) is 31.2 Å². The minimum absolute atomic E-state index is 0.287. The van der Waals surface area contributed by atoms with Crippen molar-refractivity contribution in [3.05, 3.63) is 59.2 Å². The van der Waals surface area contributed by atoms with E-state index in [1.807, 2.05) is 39.0 Å². The largest absolute Gasteiger partial charge is 0.481 e. The van der Waals surface area contributed by atoms with E-state index in [1.165, 1.54) is 0 Å². The highest BCUT2D eigenvalue weighted by atomic mass is 16.5. The van der Waals surface area contributed by atoms with E-state index in [4.69, 9.17) is 9.47 Å². The van der Waals surface area contributed by atoms with Crippen LogP contribution in [-0.4, -0.2) is 24.6 Å². The molecule has 0 heterocycles. The number of ether oxygens (including phenoxy) is 2. The molecule has 26 heavy (non-hydrogen) atoms. The van der Waals surface area contributed by atoms with Gasteiger partial charge in [0.1, 0.15) is 5.75 Å². The summed E-state index contributed by atoms with van der Waals surface area (Å²) >= 11 is 0. The Labute approximate surface area is 154 Å². The number of hydrogen-bond acceptors (Lipinski definition) is 4. The molecule has 5 nitrogen and oxygen atoms in total. The van der Waals surface area contributed by atoms with Gasteiger partial charge < -0.3 is 14.8 Å². The number of rotatable bonds is 7. The molecule has 0 aromatic heterocycles. The van der Waals surface area contributed by atoms with Crippen molar-refractivity contribution in [2.75, 3.05) is 11.9 Å². The fourth-order valence-corrected chi connectivity index (χ4v) is 2.34. The molecule has 5 heteroatoms. The van der Waals surface area contributed by atoms with Gasteiger partial charge in [0, 0.05) is 5.69 Å². The summed E-state index contributed by atoms with van der Waals surface area (Å²) in [5.41, 5.74) is 3.04. The van der Waals surface area contributed by atoms with Crippen molar-refractivity contribution in [2.24, 2.45) is 0 Å². The summed E-state index contributed by atoms with van der Waals surface area (Å²) < 4.78 is 10.9. The lowest BCUT2D eigenvalue weighted by Crippen LogP contribution is -2.30. The van der Waals surface area contributed by atoms with Crippen LogP contribution in [-0.2, 0) is 9.53 Å². The summed E-state index contributed by atoms with van der Waals surface area (Å²) in [7, 11) is 0. The van der Waals surface area contributed by atoms with Crippen LogP contribution >= 0.6 is 0 Å². The monoisotopic (exact) mass is 355 g/mol. The lowest BCUT2D eigenvalue weighted by Gasteiger charge is -2.17. The van der Waals surface area contributed by atoms with E-state index in [9.17, 15) is 9.59 Å². The van der Waals surface area contributed by atoms with E-state index in [0.717, 1.165) is 17.5 Å². The summed E-state index contributed by atoms with van der Waals surface area (Å²) in [6.07, 6.45) is 0.0845. The van der Waals surface area contributed by atoms with E-state index in [0.29, 0.717) is 23.6 Å². The van der Waals surface area contributed by atoms with Gasteiger partial charge in [-0.25, -0.2) is 4.79 Å². The highest BCUT2D eigenvalue weighted by molar-refractivity contribution is 5.96. The molecule has 0 aliphatic carbocycles. The summed E-state index contributed by atoms with van der Waals surface area (Å²) in [6, 6.07) is 12.4. The molecule has 1 unspecified atom stereocenters. The quantitative estimate of drug-likeness (QED) is 0.753. The van der Waals surface area contributed by atoms with E-state index in [2.05, 4.69) is 5.32 Å². The maximum atomic E-state index is 12.4. The summed E-state index contributed by atoms with van der Waals surface area (Å²) in [6.45, 7) is 7.95. The molecule has 2 rings (SSSR count). The predicted octanol–water partition coefficient (Wildman–Crippen LogP) is 4.28. The lowest BCUT2D eigenvalue weighted by atomic mass is 10.1. The van der Waals surface area contributed by atoms with Gasteiger partial charge >= 0.3 is 5.97 Å². The lowest BCUT2D eigenvalue weighted by molar-refractivity contribution is -0.122. The Bertz CT molecular complexity index is 785. The first-order chi connectivity index (χ1) is 12.4. The van der Waals surface area contributed by atoms with Crippen molar-refractivity contribution in [3.63, 3.8) is 0 Å². The first-order valence-electron chi connectivity index (χ1n) is 8.73. The average molecular weight is 355 g/mol. The third kappa shape index (κ3) is 5.09. The normalized spacial score (nSPS) is 11.5. The number of esters is 1. The summed E-state index contributed by atoms with van der Waals surface area (Å²) in [4.78, 5) is 24.3. The molecular weight excluding hydrogens is 330 g/mol. The van der Waals surface area contributed by atoms with Gasteiger partial charge in [-0.15, -0.1) is 0 Å². The molecule has 1 amide bonds. The minimum atomic E-state index is -0.675. The standard InChI is InChI=1S/C21H25NO4/c1-5-12-25-21(24)17-9-7-10-18(13-17)22-20(23)16(4)26-19-11-6-8-14(2)15(19)3/h6-11,13,16H,5,12H2,1-4H3,(H,22,23). The number of carbonyl (C=O) groups is 2. The fourth-order valence-electron chi connectivity index (χ4n) is 2.34. The second kappa shape index (κ2) is 9.04. The molecule has 0 fully saturated rings. The van der Waals surface area contributed by atoms with Crippen LogP contribution in [0, 0.1) is 13.8 Å². The Morgan fingerprint density at radius 1 is 1.12 bits per heavy atom. The Kier molecular flexibility index (Phi) is 6.78. The van der Waals surface area contributed by atoms with Gasteiger partial charge in [0.05, 0.1) is 12.2 Å². The number of aryl methyl sites for hydroxylation is 1. The number of hydrogen-bond donors (Lipinski definition) is 1. The molecule has 0 saturated heterocycles. The molecule has 0 saturated carbocycles.